The van der Waals surface area contributed by atoms with Gasteiger partial charge in [-0.25, -0.2) is 4.68 Å². The van der Waals surface area contributed by atoms with Gasteiger partial charge in [0.15, 0.2) is 0 Å². The Labute approximate surface area is 151 Å². The lowest BCUT2D eigenvalue weighted by Gasteiger charge is -2.11. The molecule has 1 N–H and O–H groups in total. The van der Waals surface area contributed by atoms with Gasteiger partial charge < -0.3 is 5.32 Å². The molecule has 0 amide bonds. The largest absolute Gasteiger partial charge is 0.370 e. The van der Waals surface area contributed by atoms with Crippen molar-refractivity contribution in [2.24, 2.45) is 0 Å². The first kappa shape index (κ1) is 15.6. The van der Waals surface area contributed by atoms with Gasteiger partial charge in [0, 0.05) is 17.7 Å². The standard InChI is InChI=1S/C19H17Cl2N3/c20-15-10-6-11-16(17(15)21)24-19-14(9-4-5-12-22-19)18(23-24)13-7-2-1-3-8-13/h1-3,6-8,10-11,22H,4-5,9,12H2. The van der Waals surface area contributed by atoms with Crippen molar-refractivity contribution in [3.8, 4) is 16.9 Å². The molecule has 0 spiro atoms. The van der Waals surface area contributed by atoms with Crippen LogP contribution in [0.5, 0.6) is 0 Å². The fourth-order valence-corrected chi connectivity index (χ4v) is 3.54. The third kappa shape index (κ3) is 2.68. The molecule has 24 heavy (non-hydrogen) atoms. The lowest BCUT2D eigenvalue weighted by atomic mass is 10.0. The summed E-state index contributed by atoms with van der Waals surface area (Å²) in [5.41, 5.74) is 4.18. The number of halogens is 2. The van der Waals surface area contributed by atoms with E-state index in [0.717, 1.165) is 48.6 Å². The number of hydrogen-bond donors (Lipinski definition) is 1. The summed E-state index contributed by atoms with van der Waals surface area (Å²) in [6, 6.07) is 15.9. The van der Waals surface area contributed by atoms with E-state index in [1.54, 1.807) is 6.07 Å². The van der Waals surface area contributed by atoms with Crippen LogP contribution >= 0.6 is 23.2 Å². The third-order valence-electron chi connectivity index (χ3n) is 4.34. The molecular formula is C19H17Cl2N3. The summed E-state index contributed by atoms with van der Waals surface area (Å²) in [5, 5.41) is 9.47. The van der Waals surface area contributed by atoms with Crippen LogP contribution in [0.15, 0.2) is 48.5 Å². The van der Waals surface area contributed by atoms with Gasteiger partial charge in [-0.3, -0.25) is 0 Å². The second-order valence-corrected chi connectivity index (χ2v) is 6.70. The van der Waals surface area contributed by atoms with Crippen molar-refractivity contribution in [3.05, 3.63) is 64.1 Å². The molecule has 3 nitrogen and oxygen atoms in total. The third-order valence-corrected chi connectivity index (χ3v) is 5.15. The quantitative estimate of drug-likeness (QED) is 0.647. The van der Waals surface area contributed by atoms with Crippen molar-refractivity contribution in [3.63, 3.8) is 0 Å². The summed E-state index contributed by atoms with van der Waals surface area (Å²) in [4.78, 5) is 0. The highest BCUT2D eigenvalue weighted by Gasteiger charge is 2.22. The van der Waals surface area contributed by atoms with Crippen LogP contribution in [0.25, 0.3) is 16.9 Å². The summed E-state index contributed by atoms with van der Waals surface area (Å²) in [7, 11) is 0. The van der Waals surface area contributed by atoms with Crippen LogP contribution in [0.3, 0.4) is 0 Å². The fourth-order valence-electron chi connectivity index (χ4n) is 3.16. The normalized spacial score (nSPS) is 13.9. The number of aromatic nitrogens is 2. The van der Waals surface area contributed by atoms with Gasteiger partial charge in [0.1, 0.15) is 5.82 Å². The van der Waals surface area contributed by atoms with E-state index in [4.69, 9.17) is 28.3 Å². The van der Waals surface area contributed by atoms with Crippen molar-refractivity contribution in [1.29, 1.82) is 0 Å². The van der Waals surface area contributed by atoms with E-state index in [0.29, 0.717) is 10.0 Å². The SMILES string of the molecule is Clc1cccc(-n2nc(-c3ccccc3)c3c2NCCCC3)c1Cl. The van der Waals surface area contributed by atoms with Crippen LogP contribution in [0.1, 0.15) is 18.4 Å². The summed E-state index contributed by atoms with van der Waals surface area (Å²) < 4.78 is 1.90. The molecule has 2 heterocycles. The van der Waals surface area contributed by atoms with Gasteiger partial charge in [-0.1, -0.05) is 59.6 Å². The number of nitrogens with one attached hydrogen (secondary N) is 1. The van der Waals surface area contributed by atoms with E-state index in [-0.39, 0.29) is 0 Å². The average molecular weight is 358 g/mol. The predicted octanol–water partition coefficient (Wildman–Crippen LogP) is 5.59. The van der Waals surface area contributed by atoms with E-state index >= 15 is 0 Å². The van der Waals surface area contributed by atoms with E-state index in [2.05, 4.69) is 17.4 Å². The number of rotatable bonds is 2. The maximum absolute atomic E-state index is 6.45. The first-order valence-electron chi connectivity index (χ1n) is 8.11. The minimum absolute atomic E-state index is 0.523. The summed E-state index contributed by atoms with van der Waals surface area (Å²) in [5.74, 6) is 1.02. The number of fused-ring (bicyclic) bond motifs is 1. The zero-order valence-corrected chi connectivity index (χ0v) is 14.6. The molecule has 0 atom stereocenters. The Bertz CT molecular complexity index is 872. The Hall–Kier alpha value is -1.97. The molecule has 0 fully saturated rings. The highest BCUT2D eigenvalue weighted by atomic mass is 35.5. The smallest absolute Gasteiger partial charge is 0.133 e. The first-order valence-corrected chi connectivity index (χ1v) is 8.87. The highest BCUT2D eigenvalue weighted by molar-refractivity contribution is 6.43. The predicted molar refractivity (Wildman–Crippen MR) is 100 cm³/mol. The number of anilines is 1. The molecule has 0 radical (unpaired) electrons. The lowest BCUT2D eigenvalue weighted by Crippen LogP contribution is -2.07. The molecular weight excluding hydrogens is 341 g/mol. The van der Waals surface area contributed by atoms with Gasteiger partial charge in [0.2, 0.25) is 0 Å². The van der Waals surface area contributed by atoms with Crippen molar-refractivity contribution in [1.82, 2.24) is 9.78 Å². The average Bonchev–Trinajstić information content (AvgIpc) is 2.79. The van der Waals surface area contributed by atoms with Crippen LogP contribution in [-0.4, -0.2) is 16.3 Å². The maximum Gasteiger partial charge on any atom is 0.133 e. The van der Waals surface area contributed by atoms with Gasteiger partial charge in [-0.05, 0) is 31.4 Å². The molecule has 2 aromatic carbocycles. The molecule has 0 saturated carbocycles. The van der Waals surface area contributed by atoms with Gasteiger partial charge in [0.25, 0.3) is 0 Å². The van der Waals surface area contributed by atoms with Crippen LogP contribution in [-0.2, 0) is 6.42 Å². The molecule has 3 aromatic rings. The Morgan fingerprint density at radius 1 is 0.958 bits per heavy atom. The molecule has 5 heteroatoms. The number of nitrogens with zero attached hydrogens (tertiary/aromatic N) is 2. The van der Waals surface area contributed by atoms with Crippen molar-refractivity contribution < 1.29 is 0 Å². The summed E-state index contributed by atoms with van der Waals surface area (Å²) in [6.07, 6.45) is 3.30. The zero-order valence-electron chi connectivity index (χ0n) is 13.1. The molecule has 0 bridgehead atoms. The molecule has 0 saturated heterocycles. The number of hydrogen-bond acceptors (Lipinski definition) is 2. The Balaban J connectivity index is 1.95. The van der Waals surface area contributed by atoms with Crippen molar-refractivity contribution in [2.45, 2.75) is 19.3 Å². The molecule has 0 aliphatic carbocycles. The van der Waals surface area contributed by atoms with Gasteiger partial charge in [-0.2, -0.15) is 5.10 Å². The maximum atomic E-state index is 6.45. The van der Waals surface area contributed by atoms with Gasteiger partial charge in [-0.15, -0.1) is 0 Å². The van der Waals surface area contributed by atoms with E-state index < -0.39 is 0 Å². The molecule has 122 valence electrons. The van der Waals surface area contributed by atoms with Crippen molar-refractivity contribution >= 4 is 29.0 Å². The summed E-state index contributed by atoms with van der Waals surface area (Å²) in [6.45, 7) is 0.936. The molecule has 1 aliphatic rings. The molecule has 4 rings (SSSR count). The minimum Gasteiger partial charge on any atom is -0.370 e. The zero-order chi connectivity index (χ0) is 16.5. The number of benzene rings is 2. The minimum atomic E-state index is 0.523. The van der Waals surface area contributed by atoms with Gasteiger partial charge >= 0.3 is 0 Å². The Morgan fingerprint density at radius 2 is 1.79 bits per heavy atom. The van der Waals surface area contributed by atoms with Gasteiger partial charge in [0.05, 0.1) is 21.4 Å². The van der Waals surface area contributed by atoms with Crippen LogP contribution < -0.4 is 5.32 Å². The highest BCUT2D eigenvalue weighted by Crippen LogP contribution is 2.37. The first-order chi connectivity index (χ1) is 11.8. The Kier molecular flexibility index (Phi) is 4.21. The second-order valence-electron chi connectivity index (χ2n) is 5.91. The van der Waals surface area contributed by atoms with Crippen LogP contribution in [0.4, 0.5) is 5.82 Å². The monoisotopic (exact) mass is 357 g/mol. The Morgan fingerprint density at radius 3 is 2.62 bits per heavy atom. The molecule has 1 aromatic heterocycles. The van der Waals surface area contributed by atoms with E-state index in [9.17, 15) is 0 Å². The van der Waals surface area contributed by atoms with Crippen LogP contribution in [0, 0.1) is 0 Å². The lowest BCUT2D eigenvalue weighted by molar-refractivity contribution is 0.780. The van der Waals surface area contributed by atoms with E-state index in [1.807, 2.05) is 35.0 Å². The van der Waals surface area contributed by atoms with Crippen LogP contribution in [0.2, 0.25) is 10.0 Å². The summed E-state index contributed by atoms with van der Waals surface area (Å²) >= 11 is 12.7. The molecule has 1 aliphatic heterocycles. The molecule has 0 unspecified atom stereocenters. The van der Waals surface area contributed by atoms with Crippen molar-refractivity contribution in [2.75, 3.05) is 11.9 Å². The topological polar surface area (TPSA) is 29.9 Å². The fraction of sp³-hybridized carbons (Fsp3) is 0.211. The van der Waals surface area contributed by atoms with E-state index in [1.165, 1.54) is 5.56 Å². The second kappa shape index (κ2) is 6.50.